The lowest BCUT2D eigenvalue weighted by molar-refractivity contribution is -0.147. The molecular weight excluding hydrogens is 410 g/mol. The first-order valence-electron chi connectivity index (χ1n) is 9.36. The molecule has 0 spiro atoms. The van der Waals surface area contributed by atoms with Gasteiger partial charge in [-0.05, 0) is 36.6 Å². The topological polar surface area (TPSA) is 108 Å². The Labute approximate surface area is 176 Å². The van der Waals surface area contributed by atoms with Crippen molar-refractivity contribution in [1.82, 2.24) is 5.32 Å². The number of nitrogens with one attached hydrogen (secondary N) is 1. The Morgan fingerprint density at radius 1 is 0.967 bits per heavy atom. The molecule has 0 heterocycles. The number of esters is 1. The van der Waals surface area contributed by atoms with E-state index in [4.69, 9.17) is 13.7 Å². The van der Waals surface area contributed by atoms with E-state index in [0.29, 0.717) is 0 Å². The van der Waals surface area contributed by atoms with E-state index in [0.717, 1.165) is 17.4 Å². The molecular formula is C21H25NO7S. The molecule has 1 N–H and O–H groups in total. The van der Waals surface area contributed by atoms with Gasteiger partial charge in [0.15, 0.2) is 0 Å². The molecule has 162 valence electrons. The number of carbonyl (C=O) groups is 2. The number of rotatable bonds is 10. The second kappa shape index (κ2) is 11.2. The summed E-state index contributed by atoms with van der Waals surface area (Å²) in [5.74, 6) is -0.898. The Hall–Kier alpha value is -3.07. The number of ether oxygens (including phenoxy) is 2. The van der Waals surface area contributed by atoms with Gasteiger partial charge in [0.05, 0.1) is 18.8 Å². The molecule has 1 amide bonds. The van der Waals surface area contributed by atoms with Gasteiger partial charge in [0, 0.05) is 6.54 Å². The van der Waals surface area contributed by atoms with Gasteiger partial charge in [-0.1, -0.05) is 42.5 Å². The van der Waals surface area contributed by atoms with Gasteiger partial charge in [-0.25, -0.2) is 4.79 Å². The zero-order chi connectivity index (χ0) is 22.0. The maximum Gasteiger partial charge on any atom is 0.407 e. The van der Waals surface area contributed by atoms with E-state index in [1.54, 1.807) is 19.1 Å². The molecule has 1 unspecified atom stereocenters. The van der Waals surface area contributed by atoms with Crippen LogP contribution in [0.25, 0.3) is 0 Å². The van der Waals surface area contributed by atoms with Crippen LogP contribution in [0.1, 0.15) is 18.1 Å². The van der Waals surface area contributed by atoms with E-state index >= 15 is 0 Å². The highest BCUT2D eigenvalue weighted by Gasteiger charge is 2.22. The van der Waals surface area contributed by atoms with Crippen LogP contribution in [0.3, 0.4) is 0 Å². The third-order valence-corrected chi connectivity index (χ3v) is 4.47. The molecule has 0 bridgehead atoms. The number of alkyl carbamates (subject to hydrolysis) is 1. The fourth-order valence-electron chi connectivity index (χ4n) is 2.62. The third kappa shape index (κ3) is 8.52. The van der Waals surface area contributed by atoms with Crippen LogP contribution < -0.4 is 9.50 Å². The van der Waals surface area contributed by atoms with Crippen molar-refractivity contribution < 1.29 is 31.7 Å². The van der Waals surface area contributed by atoms with Crippen LogP contribution >= 0.6 is 0 Å². The van der Waals surface area contributed by atoms with E-state index in [-0.39, 0.29) is 31.9 Å². The minimum atomic E-state index is -3.61. The molecule has 0 aliphatic heterocycles. The summed E-state index contributed by atoms with van der Waals surface area (Å²) in [7, 11) is -3.61. The van der Waals surface area contributed by atoms with Crippen LogP contribution in [0, 0.1) is 5.92 Å². The third-order valence-electron chi connectivity index (χ3n) is 3.98. The summed E-state index contributed by atoms with van der Waals surface area (Å²) in [4.78, 5) is 24.2. The summed E-state index contributed by atoms with van der Waals surface area (Å²) in [6.45, 7) is 2.08. The van der Waals surface area contributed by atoms with Crippen LogP contribution in [0.15, 0.2) is 54.6 Å². The monoisotopic (exact) mass is 435 g/mol. The van der Waals surface area contributed by atoms with Gasteiger partial charge in [-0.15, -0.1) is 0 Å². The fraction of sp³-hybridized carbons (Fsp3) is 0.333. The van der Waals surface area contributed by atoms with E-state index in [9.17, 15) is 18.0 Å². The average Bonchev–Trinajstić information content (AvgIpc) is 2.70. The molecule has 0 aromatic heterocycles. The van der Waals surface area contributed by atoms with Gasteiger partial charge in [-0.3, -0.25) is 4.79 Å². The maximum atomic E-state index is 12.3. The van der Waals surface area contributed by atoms with Crippen molar-refractivity contribution in [1.29, 1.82) is 0 Å². The molecule has 0 fully saturated rings. The second-order valence-corrected chi connectivity index (χ2v) is 8.10. The summed E-state index contributed by atoms with van der Waals surface area (Å²) in [5, 5.41) is 2.59. The van der Waals surface area contributed by atoms with Gasteiger partial charge in [0.25, 0.3) is 0 Å². The van der Waals surface area contributed by atoms with E-state index in [1.807, 2.05) is 30.3 Å². The smallest absolute Gasteiger partial charge is 0.407 e. The largest absolute Gasteiger partial charge is 0.466 e. The van der Waals surface area contributed by atoms with Crippen LogP contribution in [0.5, 0.6) is 5.75 Å². The lowest BCUT2D eigenvalue weighted by atomic mass is 9.99. The minimum Gasteiger partial charge on any atom is -0.466 e. The predicted octanol–water partition coefficient (Wildman–Crippen LogP) is 2.67. The van der Waals surface area contributed by atoms with Crippen molar-refractivity contribution >= 4 is 22.2 Å². The van der Waals surface area contributed by atoms with Crippen molar-refractivity contribution in [3.05, 3.63) is 65.7 Å². The second-order valence-electron chi connectivity index (χ2n) is 6.53. The Morgan fingerprint density at radius 3 is 2.23 bits per heavy atom. The van der Waals surface area contributed by atoms with Crippen molar-refractivity contribution in [2.24, 2.45) is 5.92 Å². The Bertz CT molecular complexity index is 928. The molecule has 0 aliphatic rings. The molecule has 0 saturated carbocycles. The Kier molecular flexibility index (Phi) is 8.67. The van der Waals surface area contributed by atoms with E-state index < -0.39 is 28.1 Å². The number of hydrogen-bond acceptors (Lipinski definition) is 7. The maximum absolute atomic E-state index is 12.3. The number of hydrogen-bond donors (Lipinski definition) is 1. The SMILES string of the molecule is CCOC(=O)C(CNC(=O)OCc1ccccc1)Cc1ccc(OS(C)(=O)=O)cc1. The molecule has 9 heteroatoms. The highest BCUT2D eigenvalue weighted by atomic mass is 32.2. The van der Waals surface area contributed by atoms with Crippen molar-refractivity contribution in [2.45, 2.75) is 20.0 Å². The summed E-state index contributed by atoms with van der Waals surface area (Å²) in [6, 6.07) is 15.5. The van der Waals surface area contributed by atoms with Gasteiger partial charge >= 0.3 is 22.2 Å². The molecule has 0 aliphatic carbocycles. The normalized spacial score (nSPS) is 11.9. The summed E-state index contributed by atoms with van der Waals surface area (Å²) in [6.07, 6.45) is 0.613. The fourth-order valence-corrected chi connectivity index (χ4v) is 3.08. The van der Waals surface area contributed by atoms with Crippen molar-refractivity contribution in [3.8, 4) is 5.75 Å². The molecule has 2 rings (SSSR count). The molecule has 0 radical (unpaired) electrons. The van der Waals surface area contributed by atoms with E-state index in [1.165, 1.54) is 12.1 Å². The summed E-state index contributed by atoms with van der Waals surface area (Å²) < 4.78 is 37.4. The average molecular weight is 435 g/mol. The summed E-state index contributed by atoms with van der Waals surface area (Å²) >= 11 is 0. The van der Waals surface area contributed by atoms with Gasteiger partial charge in [-0.2, -0.15) is 8.42 Å². The standard InChI is InChI=1S/C21H25NO7S/c1-3-27-20(23)18(13-16-9-11-19(12-10-16)29-30(2,25)26)14-22-21(24)28-15-17-7-5-4-6-8-17/h4-12,18H,3,13-15H2,1-2H3,(H,22,24). The lowest BCUT2D eigenvalue weighted by Crippen LogP contribution is -2.35. The quantitative estimate of drug-likeness (QED) is 0.451. The molecule has 1 atom stereocenters. The zero-order valence-electron chi connectivity index (χ0n) is 16.9. The first kappa shape index (κ1) is 23.2. The van der Waals surface area contributed by atoms with Gasteiger partial charge in [0.1, 0.15) is 12.4 Å². The predicted molar refractivity (Wildman–Crippen MR) is 110 cm³/mol. The minimum absolute atomic E-state index is 0.0358. The van der Waals surface area contributed by atoms with Crippen LogP contribution in [-0.4, -0.2) is 39.9 Å². The highest BCUT2D eigenvalue weighted by Crippen LogP contribution is 2.17. The molecule has 2 aromatic rings. The van der Waals surface area contributed by atoms with Crippen LogP contribution in [-0.2, 0) is 37.4 Å². The number of amides is 1. The highest BCUT2D eigenvalue weighted by molar-refractivity contribution is 7.86. The molecule has 30 heavy (non-hydrogen) atoms. The van der Waals surface area contributed by atoms with Crippen molar-refractivity contribution in [2.75, 3.05) is 19.4 Å². The lowest BCUT2D eigenvalue weighted by Gasteiger charge is -2.16. The van der Waals surface area contributed by atoms with Gasteiger partial charge in [0.2, 0.25) is 0 Å². The van der Waals surface area contributed by atoms with E-state index in [2.05, 4.69) is 5.32 Å². The summed E-state index contributed by atoms with van der Waals surface area (Å²) in [5.41, 5.74) is 1.61. The van der Waals surface area contributed by atoms with Crippen molar-refractivity contribution in [3.63, 3.8) is 0 Å². The zero-order valence-corrected chi connectivity index (χ0v) is 17.7. The molecule has 2 aromatic carbocycles. The number of carbonyl (C=O) groups excluding carboxylic acids is 2. The Morgan fingerprint density at radius 2 is 1.63 bits per heavy atom. The number of benzene rings is 2. The first-order chi connectivity index (χ1) is 14.3. The van der Waals surface area contributed by atoms with Crippen LogP contribution in [0.2, 0.25) is 0 Å². The van der Waals surface area contributed by atoms with Gasteiger partial charge < -0.3 is 19.0 Å². The molecule has 8 nitrogen and oxygen atoms in total. The van der Waals surface area contributed by atoms with Crippen LogP contribution in [0.4, 0.5) is 4.79 Å². The first-order valence-corrected chi connectivity index (χ1v) is 11.2. The Balaban J connectivity index is 1.93. The molecule has 0 saturated heterocycles.